The zero-order valence-corrected chi connectivity index (χ0v) is 24.5. The minimum atomic E-state index is 0.0106. The molecule has 0 aromatic heterocycles. The van der Waals surface area contributed by atoms with Gasteiger partial charge in [-0.25, -0.2) is 0 Å². The zero-order valence-electron chi connectivity index (χ0n) is 24.5. The third-order valence-corrected chi connectivity index (χ3v) is 12.3. The molecule has 0 radical (unpaired) electrons. The van der Waals surface area contributed by atoms with E-state index in [9.17, 15) is 5.11 Å². The summed E-state index contributed by atoms with van der Waals surface area (Å²) in [7, 11) is 0. The molecule has 5 rings (SSSR count). The summed E-state index contributed by atoms with van der Waals surface area (Å²) in [4.78, 5) is 0. The third-order valence-electron chi connectivity index (χ3n) is 12.3. The van der Waals surface area contributed by atoms with Crippen LogP contribution in [0, 0.1) is 57.2 Å². The summed E-state index contributed by atoms with van der Waals surface area (Å²) < 4.78 is 12.2. The predicted octanol–water partition coefficient (Wildman–Crippen LogP) is 7.87. The van der Waals surface area contributed by atoms with Crippen molar-refractivity contribution >= 4 is 0 Å². The molecule has 0 amide bonds. The standard InChI is InChI=1S/C17H30O2.C15H26O/c1-6-14(4)17(5)10-18-16(19-11-17)15-8-7-12(2)9-13(15)3;1-13(2)10(6-12-8-15(12,13)4)5-11-7-14(11,3)9-16/h9,13-16H,6-8,10-11H2,1-5H3;10-12,16H,5-9H2,1-4H3. The predicted molar refractivity (Wildman–Crippen MR) is 145 cm³/mol. The fourth-order valence-electron chi connectivity index (χ4n) is 7.85. The lowest BCUT2D eigenvalue weighted by molar-refractivity contribution is -0.260. The average Bonchev–Trinajstić information content (AvgIpc) is 3.67. The van der Waals surface area contributed by atoms with E-state index in [2.05, 4.69) is 68.4 Å². The van der Waals surface area contributed by atoms with Crippen LogP contribution in [0.3, 0.4) is 0 Å². The molecule has 1 saturated heterocycles. The van der Waals surface area contributed by atoms with Crippen LogP contribution in [0.1, 0.15) is 107 Å². The van der Waals surface area contributed by atoms with E-state index in [1.165, 1.54) is 50.5 Å². The van der Waals surface area contributed by atoms with Gasteiger partial charge in [-0.1, -0.05) is 73.5 Å². The number of aliphatic hydroxyl groups is 1. The molecule has 8 unspecified atom stereocenters. The molecule has 1 N–H and O–H groups in total. The summed E-state index contributed by atoms with van der Waals surface area (Å²) in [6.07, 6.45) is 11.6. The van der Waals surface area contributed by atoms with E-state index in [4.69, 9.17) is 9.47 Å². The van der Waals surface area contributed by atoms with E-state index in [-0.39, 0.29) is 17.1 Å². The first-order valence-electron chi connectivity index (χ1n) is 14.8. The number of rotatable bonds is 6. The average molecular weight is 489 g/mol. The van der Waals surface area contributed by atoms with Crippen molar-refractivity contribution in [2.45, 2.75) is 114 Å². The van der Waals surface area contributed by atoms with Gasteiger partial charge in [-0.05, 0) is 91.3 Å². The van der Waals surface area contributed by atoms with Crippen LogP contribution >= 0.6 is 0 Å². The first-order valence-corrected chi connectivity index (χ1v) is 14.8. The molecule has 1 heterocycles. The van der Waals surface area contributed by atoms with E-state index in [0.717, 1.165) is 31.0 Å². The quantitative estimate of drug-likeness (QED) is 0.387. The maximum atomic E-state index is 9.35. The molecule has 0 spiro atoms. The second-order valence-corrected chi connectivity index (χ2v) is 15.0. The fourth-order valence-corrected chi connectivity index (χ4v) is 7.85. The molecular formula is C32H56O3. The Bertz CT molecular complexity index is 778. The Kier molecular flexibility index (Phi) is 7.69. The summed E-state index contributed by atoms with van der Waals surface area (Å²) >= 11 is 0. The normalized spacial score (nSPS) is 48.8. The van der Waals surface area contributed by atoms with Crippen molar-refractivity contribution in [1.82, 2.24) is 0 Å². The van der Waals surface area contributed by atoms with E-state index >= 15 is 0 Å². The first-order chi connectivity index (χ1) is 16.3. The van der Waals surface area contributed by atoms with Crippen LogP contribution in [-0.4, -0.2) is 31.2 Å². The largest absolute Gasteiger partial charge is 0.396 e. The minimum absolute atomic E-state index is 0.0106. The Labute approximate surface area is 216 Å². The number of hydrogen-bond acceptors (Lipinski definition) is 3. The van der Waals surface area contributed by atoms with E-state index in [1.807, 2.05) is 0 Å². The number of ether oxygens (including phenoxy) is 2. The molecule has 202 valence electrons. The summed E-state index contributed by atoms with van der Waals surface area (Å²) in [5.74, 6) is 4.50. The molecule has 8 atom stereocenters. The lowest BCUT2D eigenvalue weighted by Crippen LogP contribution is -2.47. The van der Waals surface area contributed by atoms with Gasteiger partial charge >= 0.3 is 0 Å². The van der Waals surface area contributed by atoms with Crippen molar-refractivity contribution in [3.05, 3.63) is 11.6 Å². The van der Waals surface area contributed by atoms with Gasteiger partial charge in [0, 0.05) is 17.9 Å². The molecule has 3 saturated carbocycles. The van der Waals surface area contributed by atoms with E-state index in [0.29, 0.717) is 35.2 Å². The van der Waals surface area contributed by atoms with Gasteiger partial charge in [0.15, 0.2) is 6.29 Å². The summed E-state index contributed by atoms with van der Waals surface area (Å²) in [6.45, 7) is 23.2. The van der Waals surface area contributed by atoms with E-state index in [1.54, 1.807) is 0 Å². The molecule has 4 aliphatic carbocycles. The molecule has 0 bridgehead atoms. The van der Waals surface area contributed by atoms with Gasteiger partial charge < -0.3 is 14.6 Å². The van der Waals surface area contributed by atoms with Crippen LogP contribution in [0.4, 0.5) is 0 Å². The molecule has 1 aliphatic heterocycles. The minimum Gasteiger partial charge on any atom is -0.396 e. The molecule has 4 fully saturated rings. The monoisotopic (exact) mass is 488 g/mol. The molecule has 35 heavy (non-hydrogen) atoms. The molecule has 0 aromatic rings. The maximum Gasteiger partial charge on any atom is 0.160 e. The van der Waals surface area contributed by atoms with Crippen LogP contribution in [0.2, 0.25) is 0 Å². The number of hydrogen-bond donors (Lipinski definition) is 1. The molecule has 5 aliphatic rings. The fraction of sp³-hybridized carbons (Fsp3) is 0.938. The number of fused-ring (bicyclic) bond motifs is 1. The maximum absolute atomic E-state index is 9.35. The highest BCUT2D eigenvalue weighted by atomic mass is 16.7. The Hall–Kier alpha value is -0.380. The Morgan fingerprint density at radius 1 is 1.06 bits per heavy atom. The SMILES string of the molecule is CC1(CO)CC1CC1CC2CC2(C)C1(C)C.CCC(C)C1(C)COC(C2CCC(C)=CC2C)OC1. The van der Waals surface area contributed by atoms with Gasteiger partial charge in [-0.2, -0.15) is 0 Å². The second-order valence-electron chi connectivity index (χ2n) is 15.0. The van der Waals surface area contributed by atoms with E-state index < -0.39 is 0 Å². The van der Waals surface area contributed by atoms with Crippen LogP contribution in [0.25, 0.3) is 0 Å². The van der Waals surface area contributed by atoms with Crippen molar-refractivity contribution in [1.29, 1.82) is 0 Å². The molecule has 0 aromatic carbocycles. The van der Waals surface area contributed by atoms with Crippen molar-refractivity contribution in [3.63, 3.8) is 0 Å². The van der Waals surface area contributed by atoms with Crippen LogP contribution in [0.15, 0.2) is 11.6 Å². The van der Waals surface area contributed by atoms with Crippen molar-refractivity contribution in [2.75, 3.05) is 19.8 Å². The highest BCUT2D eigenvalue weighted by Crippen LogP contribution is 2.75. The van der Waals surface area contributed by atoms with Gasteiger partial charge in [0.05, 0.1) is 13.2 Å². The second kappa shape index (κ2) is 9.73. The van der Waals surface area contributed by atoms with Crippen LogP contribution < -0.4 is 0 Å². The van der Waals surface area contributed by atoms with Crippen LogP contribution in [-0.2, 0) is 9.47 Å². The van der Waals surface area contributed by atoms with Crippen molar-refractivity contribution in [2.24, 2.45) is 57.2 Å². The number of aliphatic hydroxyl groups excluding tert-OH is 1. The van der Waals surface area contributed by atoms with Gasteiger partial charge in [-0.15, -0.1) is 0 Å². The molecular weight excluding hydrogens is 432 g/mol. The summed E-state index contributed by atoms with van der Waals surface area (Å²) in [6, 6.07) is 0. The van der Waals surface area contributed by atoms with Gasteiger partial charge in [0.2, 0.25) is 0 Å². The lowest BCUT2D eigenvalue weighted by atomic mass is 9.69. The van der Waals surface area contributed by atoms with Crippen molar-refractivity contribution < 1.29 is 14.6 Å². The molecule has 3 nitrogen and oxygen atoms in total. The topological polar surface area (TPSA) is 38.7 Å². The zero-order chi connectivity index (χ0) is 25.8. The van der Waals surface area contributed by atoms with Gasteiger partial charge in [-0.3, -0.25) is 0 Å². The van der Waals surface area contributed by atoms with Crippen LogP contribution in [0.5, 0.6) is 0 Å². The summed E-state index contributed by atoms with van der Waals surface area (Å²) in [5, 5.41) is 9.35. The molecule has 3 heteroatoms. The third kappa shape index (κ3) is 5.17. The highest BCUT2D eigenvalue weighted by molar-refractivity contribution is 5.17. The lowest BCUT2D eigenvalue weighted by Gasteiger charge is -2.44. The Morgan fingerprint density at radius 3 is 2.20 bits per heavy atom. The van der Waals surface area contributed by atoms with Crippen molar-refractivity contribution in [3.8, 4) is 0 Å². The summed E-state index contributed by atoms with van der Waals surface area (Å²) in [5.41, 5.74) is 3.18. The first kappa shape index (κ1) is 27.6. The smallest absolute Gasteiger partial charge is 0.160 e. The number of allylic oxidation sites excluding steroid dienone is 2. The Morgan fingerprint density at radius 2 is 1.71 bits per heavy atom. The highest BCUT2D eigenvalue weighted by Gasteiger charge is 2.68. The van der Waals surface area contributed by atoms with Gasteiger partial charge in [0.25, 0.3) is 0 Å². The Balaban J connectivity index is 0.000000167. The van der Waals surface area contributed by atoms with Gasteiger partial charge in [0.1, 0.15) is 0 Å².